The Bertz CT molecular complexity index is 1680. The van der Waals surface area contributed by atoms with Crippen LogP contribution in [0.2, 0.25) is 0 Å². The molecule has 224 valence electrons. The van der Waals surface area contributed by atoms with Crippen molar-refractivity contribution >= 4 is 32.6 Å². The summed E-state index contributed by atoms with van der Waals surface area (Å²) < 4.78 is 28.4. The van der Waals surface area contributed by atoms with Crippen molar-refractivity contribution in [3.63, 3.8) is 0 Å². The molecule has 0 spiro atoms. The third-order valence-electron chi connectivity index (χ3n) is 8.20. The predicted molar refractivity (Wildman–Crippen MR) is 170 cm³/mol. The number of carbonyl (C=O) groups is 2. The normalized spacial score (nSPS) is 14.6. The summed E-state index contributed by atoms with van der Waals surface area (Å²) in [6.07, 6.45) is 4.29. The van der Waals surface area contributed by atoms with Crippen LogP contribution < -0.4 is 5.32 Å². The van der Waals surface area contributed by atoms with Gasteiger partial charge in [-0.05, 0) is 53.8 Å². The standard InChI is InChI=1S/C35H39N3O4S/c1-26-11-10-14-28(21-26)24-38(33(22-27-12-4-3-5-13-27)35(40)36-31-17-8-9-18-31)34(39)25-37(2)43(41,42)32-20-19-29-15-6-7-16-30(29)23-32/h3-7,10-16,19-21,23,31,33H,8-9,17-18,22,24-25H2,1-2H3,(H,36,40)/t33-/m1/s1. The third kappa shape index (κ3) is 7.50. The summed E-state index contributed by atoms with van der Waals surface area (Å²) in [6.45, 7) is 1.76. The van der Waals surface area contributed by atoms with E-state index in [-0.39, 0.29) is 23.4 Å². The molecule has 0 heterocycles. The fourth-order valence-electron chi connectivity index (χ4n) is 5.80. The number of sulfonamides is 1. The van der Waals surface area contributed by atoms with Crippen LogP contribution in [0.3, 0.4) is 0 Å². The molecular weight excluding hydrogens is 558 g/mol. The van der Waals surface area contributed by atoms with Crippen LogP contribution in [-0.2, 0) is 32.6 Å². The molecule has 2 amide bonds. The number of nitrogens with zero attached hydrogens (tertiary/aromatic N) is 2. The van der Waals surface area contributed by atoms with Gasteiger partial charge in [-0.2, -0.15) is 4.31 Å². The molecule has 1 N–H and O–H groups in total. The van der Waals surface area contributed by atoms with Gasteiger partial charge in [-0.3, -0.25) is 9.59 Å². The first kappa shape index (κ1) is 30.4. The molecule has 1 fully saturated rings. The van der Waals surface area contributed by atoms with Gasteiger partial charge in [-0.1, -0.05) is 103 Å². The topological polar surface area (TPSA) is 86.8 Å². The second kappa shape index (κ2) is 13.5. The Morgan fingerprint density at radius 3 is 2.23 bits per heavy atom. The van der Waals surface area contributed by atoms with Gasteiger partial charge in [0.2, 0.25) is 21.8 Å². The van der Waals surface area contributed by atoms with Crippen molar-refractivity contribution in [3.8, 4) is 0 Å². The first-order valence-corrected chi connectivity index (χ1v) is 16.3. The van der Waals surface area contributed by atoms with E-state index in [1.165, 1.54) is 7.05 Å². The first-order valence-electron chi connectivity index (χ1n) is 14.8. The van der Waals surface area contributed by atoms with Gasteiger partial charge in [0.1, 0.15) is 6.04 Å². The lowest BCUT2D eigenvalue weighted by Crippen LogP contribution is -2.54. The number of hydrogen-bond donors (Lipinski definition) is 1. The Morgan fingerprint density at radius 2 is 1.51 bits per heavy atom. The molecule has 1 saturated carbocycles. The van der Waals surface area contributed by atoms with Crippen LogP contribution in [-0.4, -0.2) is 55.1 Å². The van der Waals surface area contributed by atoms with Crippen molar-refractivity contribution in [2.24, 2.45) is 0 Å². The smallest absolute Gasteiger partial charge is 0.243 e. The van der Waals surface area contributed by atoms with E-state index in [4.69, 9.17) is 0 Å². The summed E-state index contributed by atoms with van der Waals surface area (Å²) in [4.78, 5) is 29.7. The Kier molecular flexibility index (Phi) is 9.58. The molecule has 0 saturated heterocycles. The van der Waals surface area contributed by atoms with Gasteiger partial charge >= 0.3 is 0 Å². The summed E-state index contributed by atoms with van der Waals surface area (Å²) >= 11 is 0. The lowest BCUT2D eigenvalue weighted by atomic mass is 10.0. The number of rotatable bonds is 11. The molecule has 1 atom stereocenters. The summed E-state index contributed by atoms with van der Waals surface area (Å²) in [5, 5.41) is 4.93. The zero-order chi connectivity index (χ0) is 30.4. The van der Waals surface area contributed by atoms with E-state index in [2.05, 4.69) is 5.32 Å². The number of aryl methyl sites for hydroxylation is 1. The molecule has 5 rings (SSSR count). The van der Waals surface area contributed by atoms with Crippen molar-refractivity contribution in [2.45, 2.75) is 62.6 Å². The van der Waals surface area contributed by atoms with Crippen LogP contribution in [0.5, 0.6) is 0 Å². The zero-order valence-electron chi connectivity index (χ0n) is 24.8. The Morgan fingerprint density at radius 1 is 0.837 bits per heavy atom. The highest BCUT2D eigenvalue weighted by Crippen LogP contribution is 2.23. The van der Waals surface area contributed by atoms with Crippen LogP contribution in [0.25, 0.3) is 10.8 Å². The van der Waals surface area contributed by atoms with Gasteiger partial charge in [-0.25, -0.2) is 8.42 Å². The van der Waals surface area contributed by atoms with E-state index >= 15 is 0 Å². The number of amides is 2. The molecule has 0 aliphatic heterocycles. The molecule has 0 radical (unpaired) electrons. The summed E-state index contributed by atoms with van der Waals surface area (Å²) in [5.74, 6) is -0.646. The SMILES string of the molecule is Cc1cccc(CN(C(=O)CN(C)S(=O)(=O)c2ccc3ccccc3c2)[C@H](Cc2ccccc2)C(=O)NC2CCCC2)c1. The van der Waals surface area contributed by atoms with Gasteiger partial charge in [-0.15, -0.1) is 0 Å². The lowest BCUT2D eigenvalue weighted by molar-refractivity contribution is -0.141. The molecule has 0 unspecified atom stereocenters. The first-order chi connectivity index (χ1) is 20.7. The average Bonchev–Trinajstić information content (AvgIpc) is 3.52. The van der Waals surface area contributed by atoms with E-state index in [0.717, 1.165) is 57.5 Å². The second-order valence-electron chi connectivity index (χ2n) is 11.5. The van der Waals surface area contributed by atoms with Crippen LogP contribution in [0.1, 0.15) is 42.4 Å². The van der Waals surface area contributed by atoms with Gasteiger partial charge in [0.05, 0.1) is 11.4 Å². The zero-order valence-corrected chi connectivity index (χ0v) is 25.6. The highest BCUT2D eigenvalue weighted by atomic mass is 32.2. The van der Waals surface area contributed by atoms with Crippen molar-refractivity contribution < 1.29 is 18.0 Å². The summed E-state index contributed by atoms with van der Waals surface area (Å²) in [6, 6.07) is 29.2. The molecule has 0 bridgehead atoms. The predicted octanol–water partition coefficient (Wildman–Crippen LogP) is 5.47. The Balaban J connectivity index is 1.46. The Labute approximate surface area is 254 Å². The fraction of sp³-hybridized carbons (Fsp3) is 0.314. The van der Waals surface area contributed by atoms with E-state index in [9.17, 15) is 18.0 Å². The monoisotopic (exact) mass is 597 g/mol. The fourth-order valence-corrected chi connectivity index (χ4v) is 6.96. The minimum absolute atomic E-state index is 0.0812. The number of nitrogens with one attached hydrogen (secondary N) is 1. The molecule has 4 aromatic carbocycles. The van der Waals surface area contributed by atoms with Gasteiger partial charge in [0.25, 0.3) is 0 Å². The van der Waals surface area contributed by atoms with Crippen molar-refractivity contribution in [1.82, 2.24) is 14.5 Å². The Hall–Kier alpha value is -4.01. The summed E-state index contributed by atoms with van der Waals surface area (Å²) in [5.41, 5.74) is 2.84. The van der Waals surface area contributed by atoms with E-state index in [0.29, 0.717) is 6.42 Å². The highest BCUT2D eigenvalue weighted by Gasteiger charge is 2.34. The minimum Gasteiger partial charge on any atom is -0.352 e. The molecule has 1 aliphatic carbocycles. The maximum atomic E-state index is 14.1. The summed E-state index contributed by atoms with van der Waals surface area (Å²) in [7, 11) is -2.56. The highest BCUT2D eigenvalue weighted by molar-refractivity contribution is 7.89. The van der Waals surface area contributed by atoms with Crippen LogP contribution in [0.4, 0.5) is 0 Å². The molecule has 1 aliphatic rings. The number of fused-ring (bicyclic) bond motifs is 1. The van der Waals surface area contributed by atoms with Gasteiger partial charge < -0.3 is 10.2 Å². The van der Waals surface area contributed by atoms with Crippen molar-refractivity contribution in [2.75, 3.05) is 13.6 Å². The molecule has 43 heavy (non-hydrogen) atoms. The quantitative estimate of drug-likeness (QED) is 0.249. The maximum Gasteiger partial charge on any atom is 0.243 e. The number of likely N-dealkylation sites (N-methyl/N-ethyl adjacent to an activating group) is 1. The maximum absolute atomic E-state index is 14.1. The number of hydrogen-bond acceptors (Lipinski definition) is 4. The molecule has 4 aromatic rings. The molecule has 7 nitrogen and oxygen atoms in total. The largest absolute Gasteiger partial charge is 0.352 e. The van der Waals surface area contributed by atoms with Crippen LogP contribution >= 0.6 is 0 Å². The van der Waals surface area contributed by atoms with Crippen molar-refractivity contribution in [3.05, 3.63) is 114 Å². The van der Waals surface area contributed by atoms with Gasteiger partial charge in [0, 0.05) is 26.1 Å². The number of benzene rings is 4. The van der Waals surface area contributed by atoms with Crippen LogP contribution in [0.15, 0.2) is 102 Å². The molecule has 0 aromatic heterocycles. The minimum atomic E-state index is -3.98. The van der Waals surface area contributed by atoms with E-state index < -0.39 is 28.5 Å². The van der Waals surface area contributed by atoms with E-state index in [1.54, 1.807) is 23.1 Å². The lowest BCUT2D eigenvalue weighted by Gasteiger charge is -2.33. The number of carbonyl (C=O) groups excluding carboxylic acids is 2. The van der Waals surface area contributed by atoms with Crippen LogP contribution in [0, 0.1) is 6.92 Å². The van der Waals surface area contributed by atoms with E-state index in [1.807, 2.05) is 85.8 Å². The average molecular weight is 598 g/mol. The second-order valence-corrected chi connectivity index (χ2v) is 13.5. The van der Waals surface area contributed by atoms with Gasteiger partial charge in [0.15, 0.2) is 0 Å². The molecular formula is C35H39N3O4S. The third-order valence-corrected chi connectivity index (χ3v) is 9.99. The van der Waals surface area contributed by atoms with Crippen molar-refractivity contribution in [1.29, 1.82) is 0 Å². The molecule has 8 heteroatoms.